The zero-order valence-corrected chi connectivity index (χ0v) is 14.9. The summed E-state index contributed by atoms with van der Waals surface area (Å²) in [6.07, 6.45) is 7.41. The van der Waals surface area contributed by atoms with Gasteiger partial charge in [-0.3, -0.25) is 4.55 Å². The van der Waals surface area contributed by atoms with Crippen LogP contribution in [0.25, 0.3) is 11.2 Å². The minimum Gasteiger partial charge on any atom is -0.378 e. The Morgan fingerprint density at radius 2 is 2.04 bits per heavy atom. The van der Waals surface area contributed by atoms with Gasteiger partial charge in [-0.2, -0.15) is 8.42 Å². The largest absolute Gasteiger partial charge is 0.378 e. The topological polar surface area (TPSA) is 119 Å². The fraction of sp³-hybridized carbons (Fsp3) is 0.667. The molecule has 0 atom stereocenters. The molecule has 2 aromatic heterocycles. The Balaban J connectivity index is 1.46. The van der Waals surface area contributed by atoms with Gasteiger partial charge in [0.05, 0.1) is 18.2 Å². The van der Waals surface area contributed by atoms with Crippen LogP contribution in [0.4, 0.5) is 5.82 Å². The van der Waals surface area contributed by atoms with Gasteiger partial charge in [-0.25, -0.2) is 15.0 Å². The fourth-order valence-corrected chi connectivity index (χ4v) is 3.59. The summed E-state index contributed by atoms with van der Waals surface area (Å²) >= 11 is 0. The van der Waals surface area contributed by atoms with E-state index in [0.29, 0.717) is 19.1 Å². The maximum absolute atomic E-state index is 10.7. The standard InChI is InChI=1S/C15H23N5O4S/c1-20-10-18-13-14(16-9-17-15(13)20)19-11-3-5-12(6-4-11)24-7-2-8-25(21,22)23/h9-12H,2-8H2,1H3,(H,16,17,19)(H,21,22,23). The van der Waals surface area contributed by atoms with Crippen molar-refractivity contribution >= 4 is 27.1 Å². The highest BCUT2D eigenvalue weighted by molar-refractivity contribution is 7.85. The third-order valence-electron chi connectivity index (χ3n) is 4.41. The van der Waals surface area contributed by atoms with Crippen molar-refractivity contribution in [3.8, 4) is 0 Å². The molecule has 1 aliphatic carbocycles. The van der Waals surface area contributed by atoms with Crippen molar-refractivity contribution < 1.29 is 17.7 Å². The average Bonchev–Trinajstić information content (AvgIpc) is 2.95. The summed E-state index contributed by atoms with van der Waals surface area (Å²) in [6, 6.07) is 0.303. The number of nitrogens with one attached hydrogen (secondary N) is 1. The Labute approximate surface area is 146 Å². The Morgan fingerprint density at radius 3 is 2.76 bits per heavy atom. The lowest BCUT2D eigenvalue weighted by molar-refractivity contribution is 0.0270. The first kappa shape index (κ1) is 18.0. The van der Waals surface area contributed by atoms with Crippen LogP contribution in [0.15, 0.2) is 12.7 Å². The van der Waals surface area contributed by atoms with Crippen LogP contribution in [0.1, 0.15) is 32.1 Å². The van der Waals surface area contributed by atoms with Crippen molar-refractivity contribution in [2.75, 3.05) is 17.7 Å². The second-order valence-corrected chi connectivity index (χ2v) is 7.95. The van der Waals surface area contributed by atoms with Crippen LogP contribution in [0.5, 0.6) is 0 Å². The number of nitrogens with zero attached hydrogens (tertiary/aromatic N) is 4. The third kappa shape index (κ3) is 4.86. The smallest absolute Gasteiger partial charge is 0.264 e. The number of ether oxygens (including phenoxy) is 1. The van der Waals surface area contributed by atoms with Crippen molar-refractivity contribution in [3.63, 3.8) is 0 Å². The first-order chi connectivity index (χ1) is 11.9. The summed E-state index contributed by atoms with van der Waals surface area (Å²) in [4.78, 5) is 12.9. The van der Waals surface area contributed by atoms with Gasteiger partial charge in [-0.15, -0.1) is 0 Å². The normalized spacial score (nSPS) is 21.5. The van der Waals surface area contributed by atoms with Gasteiger partial charge in [0, 0.05) is 19.7 Å². The Hall–Kier alpha value is -1.78. The van der Waals surface area contributed by atoms with Crippen molar-refractivity contribution in [2.24, 2.45) is 7.05 Å². The molecule has 0 amide bonds. The maximum Gasteiger partial charge on any atom is 0.264 e. The molecule has 138 valence electrons. The summed E-state index contributed by atoms with van der Waals surface area (Å²) in [5, 5.41) is 3.45. The third-order valence-corrected chi connectivity index (χ3v) is 5.22. The molecule has 1 fully saturated rings. The molecule has 0 unspecified atom stereocenters. The van der Waals surface area contributed by atoms with Crippen molar-refractivity contribution in [1.29, 1.82) is 0 Å². The molecular formula is C15H23N5O4S. The van der Waals surface area contributed by atoms with E-state index in [1.165, 1.54) is 6.33 Å². The zero-order valence-electron chi connectivity index (χ0n) is 14.1. The molecule has 9 nitrogen and oxygen atoms in total. The monoisotopic (exact) mass is 369 g/mol. The molecule has 0 saturated heterocycles. The molecular weight excluding hydrogens is 346 g/mol. The summed E-state index contributed by atoms with van der Waals surface area (Å²) in [7, 11) is -2.00. The SMILES string of the molecule is Cn1cnc2c(NC3CCC(OCCCS(=O)(=O)O)CC3)ncnc21. The number of aromatic nitrogens is 4. The van der Waals surface area contributed by atoms with E-state index in [-0.39, 0.29) is 11.9 Å². The second-order valence-electron chi connectivity index (χ2n) is 6.38. The fourth-order valence-electron chi connectivity index (χ4n) is 3.11. The lowest BCUT2D eigenvalue weighted by atomic mass is 9.93. The van der Waals surface area contributed by atoms with Gasteiger partial charge in [-0.05, 0) is 32.1 Å². The molecule has 1 aliphatic rings. The number of imidazole rings is 1. The van der Waals surface area contributed by atoms with E-state index in [2.05, 4.69) is 20.3 Å². The van der Waals surface area contributed by atoms with E-state index >= 15 is 0 Å². The Kier molecular flexibility index (Phi) is 5.50. The predicted molar refractivity (Wildman–Crippen MR) is 93.0 cm³/mol. The number of rotatable bonds is 7. The minimum atomic E-state index is -3.90. The molecule has 0 aliphatic heterocycles. The molecule has 0 aromatic carbocycles. The molecule has 0 bridgehead atoms. The Bertz CT molecular complexity index is 814. The molecule has 2 heterocycles. The first-order valence-corrected chi connectivity index (χ1v) is 9.98. The van der Waals surface area contributed by atoms with Gasteiger partial charge in [-0.1, -0.05) is 0 Å². The molecule has 25 heavy (non-hydrogen) atoms. The van der Waals surface area contributed by atoms with Crippen LogP contribution >= 0.6 is 0 Å². The van der Waals surface area contributed by atoms with E-state index in [1.54, 1.807) is 6.33 Å². The second kappa shape index (κ2) is 7.63. The molecule has 2 aromatic rings. The maximum atomic E-state index is 10.7. The van der Waals surface area contributed by atoms with E-state index in [1.807, 2.05) is 11.6 Å². The van der Waals surface area contributed by atoms with Gasteiger partial charge in [0.1, 0.15) is 11.8 Å². The summed E-state index contributed by atoms with van der Waals surface area (Å²) in [6.45, 7) is 0.350. The molecule has 2 N–H and O–H groups in total. The van der Waals surface area contributed by atoms with Crippen LogP contribution < -0.4 is 5.32 Å². The van der Waals surface area contributed by atoms with E-state index < -0.39 is 10.1 Å². The van der Waals surface area contributed by atoms with Crippen molar-refractivity contribution in [3.05, 3.63) is 12.7 Å². The first-order valence-electron chi connectivity index (χ1n) is 8.38. The summed E-state index contributed by atoms with van der Waals surface area (Å²) < 4.78 is 37.6. The highest BCUT2D eigenvalue weighted by atomic mass is 32.2. The summed E-state index contributed by atoms with van der Waals surface area (Å²) in [5.74, 6) is 0.501. The Morgan fingerprint density at radius 1 is 1.28 bits per heavy atom. The van der Waals surface area contributed by atoms with Crippen LogP contribution in [0, 0.1) is 0 Å². The van der Waals surface area contributed by atoms with Gasteiger partial charge < -0.3 is 14.6 Å². The molecule has 0 spiro atoms. The van der Waals surface area contributed by atoms with Crippen LogP contribution in [0.3, 0.4) is 0 Å². The van der Waals surface area contributed by atoms with Gasteiger partial charge >= 0.3 is 0 Å². The van der Waals surface area contributed by atoms with E-state index in [9.17, 15) is 8.42 Å². The molecule has 3 rings (SSSR count). The lowest BCUT2D eigenvalue weighted by Gasteiger charge is -2.29. The van der Waals surface area contributed by atoms with Crippen LogP contribution in [0.2, 0.25) is 0 Å². The van der Waals surface area contributed by atoms with Crippen molar-refractivity contribution in [2.45, 2.75) is 44.2 Å². The van der Waals surface area contributed by atoms with Crippen LogP contribution in [-0.2, 0) is 21.9 Å². The molecule has 10 heteroatoms. The quantitative estimate of drug-likeness (QED) is 0.555. The van der Waals surface area contributed by atoms with Gasteiger partial charge in [0.2, 0.25) is 0 Å². The predicted octanol–water partition coefficient (Wildman–Crippen LogP) is 1.38. The van der Waals surface area contributed by atoms with E-state index in [4.69, 9.17) is 9.29 Å². The number of fused-ring (bicyclic) bond motifs is 1. The van der Waals surface area contributed by atoms with Crippen molar-refractivity contribution in [1.82, 2.24) is 19.5 Å². The number of hydrogen-bond donors (Lipinski definition) is 2. The highest BCUT2D eigenvalue weighted by Gasteiger charge is 2.23. The zero-order chi connectivity index (χ0) is 17.9. The lowest BCUT2D eigenvalue weighted by Crippen LogP contribution is -2.30. The molecule has 1 saturated carbocycles. The highest BCUT2D eigenvalue weighted by Crippen LogP contribution is 2.25. The van der Waals surface area contributed by atoms with Gasteiger partial charge in [0.15, 0.2) is 11.5 Å². The van der Waals surface area contributed by atoms with Crippen LogP contribution in [-0.4, -0.2) is 57.0 Å². The number of aryl methyl sites for hydroxylation is 1. The molecule has 0 radical (unpaired) electrons. The summed E-state index contributed by atoms with van der Waals surface area (Å²) in [5.41, 5.74) is 1.57. The van der Waals surface area contributed by atoms with E-state index in [0.717, 1.165) is 42.7 Å². The minimum absolute atomic E-state index is 0.139. The average molecular weight is 369 g/mol. The van der Waals surface area contributed by atoms with Gasteiger partial charge in [0.25, 0.3) is 10.1 Å². The number of hydrogen-bond acceptors (Lipinski definition) is 7. The number of anilines is 1.